The number of carboxylic acid groups (broad SMARTS) is 1. The summed E-state index contributed by atoms with van der Waals surface area (Å²) >= 11 is 1.03. The van der Waals surface area contributed by atoms with E-state index in [1.165, 1.54) is 6.92 Å². The van der Waals surface area contributed by atoms with E-state index in [2.05, 4.69) is 10.3 Å². The van der Waals surface area contributed by atoms with Gasteiger partial charge >= 0.3 is 5.97 Å². The molecule has 7 nitrogen and oxygen atoms in total. The molecule has 3 aromatic rings. The predicted molar refractivity (Wildman–Crippen MR) is 148 cm³/mol. The quantitative estimate of drug-likeness (QED) is 0.155. The number of rotatable bonds is 14. The molecular formula is C29H31F3N2O5S. The number of nitrogens with one attached hydrogen (secondary N) is 1. The van der Waals surface area contributed by atoms with Gasteiger partial charge in [0.2, 0.25) is 0 Å². The lowest BCUT2D eigenvalue weighted by atomic mass is 10.0. The lowest BCUT2D eigenvalue weighted by Crippen LogP contribution is -2.13. The van der Waals surface area contributed by atoms with Gasteiger partial charge in [-0.25, -0.2) is 22.9 Å². The maximum absolute atomic E-state index is 15.5. The Bertz CT molecular complexity index is 1350. The summed E-state index contributed by atoms with van der Waals surface area (Å²) < 4.78 is 55.7. The lowest BCUT2D eigenvalue weighted by molar-refractivity contribution is -0.132. The Hall–Kier alpha value is -3.54. The average molecular weight is 577 g/mol. The van der Waals surface area contributed by atoms with Crippen LogP contribution in [0.5, 0.6) is 0 Å². The third-order valence-electron chi connectivity index (χ3n) is 5.99. The van der Waals surface area contributed by atoms with Crippen LogP contribution in [0.3, 0.4) is 0 Å². The summed E-state index contributed by atoms with van der Waals surface area (Å²) in [5, 5.41) is 13.1. The maximum Gasteiger partial charge on any atom is 0.331 e. The molecule has 0 radical (unpaired) electrons. The highest BCUT2D eigenvalue weighted by molar-refractivity contribution is 7.14. The number of anilines is 1. The van der Waals surface area contributed by atoms with Gasteiger partial charge < -0.3 is 14.6 Å². The second kappa shape index (κ2) is 14.7. The number of carboxylic acids is 1. The molecule has 11 heteroatoms. The predicted octanol–water partition coefficient (Wildman–Crippen LogP) is 7.25. The minimum atomic E-state index is -1.33. The first kappa shape index (κ1) is 31.0. The van der Waals surface area contributed by atoms with Crippen molar-refractivity contribution in [2.24, 2.45) is 0 Å². The van der Waals surface area contributed by atoms with Gasteiger partial charge in [0, 0.05) is 53.0 Å². The molecule has 1 aromatic heterocycles. The molecule has 0 aliphatic heterocycles. The standard InChI is InChI=1S/C29H31F3N2O5S/c1-4-25(39-12-7-6-11-38-5-2)20-10-8-9-19(26(20)32)24-16-40-29(33-24)34-27(35)18-14-22(30)21(23(31)15-18)13-17(3)28(36)37/h8-10,13-16,25H,4-7,11-12H2,1-3H3,(H,36,37)(H,33,34,35). The zero-order chi connectivity index (χ0) is 29.2. The van der Waals surface area contributed by atoms with Crippen LogP contribution >= 0.6 is 11.3 Å². The van der Waals surface area contributed by atoms with Crippen molar-refractivity contribution in [3.8, 4) is 11.3 Å². The monoisotopic (exact) mass is 576 g/mol. The van der Waals surface area contributed by atoms with Gasteiger partial charge in [-0.1, -0.05) is 19.1 Å². The van der Waals surface area contributed by atoms with E-state index in [0.717, 1.165) is 42.4 Å². The molecule has 40 heavy (non-hydrogen) atoms. The number of nitrogens with zero attached hydrogens (tertiary/aromatic N) is 1. The van der Waals surface area contributed by atoms with Crippen molar-refractivity contribution in [1.82, 2.24) is 4.98 Å². The minimum Gasteiger partial charge on any atom is -0.478 e. The SMILES string of the molecule is CCOCCCCOC(CC)c1cccc(-c2csc(NC(=O)c3cc(F)c(C=C(C)C(=O)O)c(F)c3)n2)c1F. The summed E-state index contributed by atoms with van der Waals surface area (Å²) in [6, 6.07) is 6.56. The fourth-order valence-corrected chi connectivity index (χ4v) is 4.56. The Kier molecular flexibility index (Phi) is 11.4. The fraction of sp³-hybridized carbons (Fsp3) is 0.345. The number of ether oxygens (including phenoxy) is 2. The number of carbonyl (C=O) groups is 2. The largest absolute Gasteiger partial charge is 0.478 e. The first-order valence-corrected chi connectivity index (χ1v) is 13.7. The molecule has 3 rings (SSSR count). The Morgan fingerprint density at radius 3 is 2.48 bits per heavy atom. The Labute approximate surface area is 234 Å². The molecule has 0 spiro atoms. The number of benzene rings is 2. The first-order valence-electron chi connectivity index (χ1n) is 12.8. The van der Waals surface area contributed by atoms with E-state index < -0.39 is 41.0 Å². The van der Waals surface area contributed by atoms with E-state index in [1.54, 1.807) is 23.6 Å². The van der Waals surface area contributed by atoms with Crippen LogP contribution in [-0.4, -0.2) is 41.8 Å². The summed E-state index contributed by atoms with van der Waals surface area (Å²) in [5.74, 6) is -4.82. The topological polar surface area (TPSA) is 97.8 Å². The van der Waals surface area contributed by atoms with Crippen LogP contribution in [0.15, 0.2) is 41.3 Å². The molecule has 0 bridgehead atoms. The normalized spacial score (nSPS) is 12.4. The number of hydrogen-bond acceptors (Lipinski definition) is 6. The molecule has 1 unspecified atom stereocenters. The maximum atomic E-state index is 15.5. The molecule has 2 aromatic carbocycles. The minimum absolute atomic E-state index is 0.105. The van der Waals surface area contributed by atoms with Crippen molar-refractivity contribution in [1.29, 1.82) is 0 Å². The van der Waals surface area contributed by atoms with Crippen molar-refractivity contribution in [2.45, 2.75) is 46.1 Å². The molecule has 0 aliphatic rings. The van der Waals surface area contributed by atoms with Crippen LogP contribution in [0.2, 0.25) is 0 Å². The Morgan fingerprint density at radius 2 is 1.82 bits per heavy atom. The molecule has 0 saturated heterocycles. The molecule has 0 saturated carbocycles. The molecule has 2 N–H and O–H groups in total. The van der Waals surface area contributed by atoms with Crippen molar-refractivity contribution in [3.63, 3.8) is 0 Å². The number of thiazole rings is 1. The molecular weight excluding hydrogens is 545 g/mol. The third-order valence-corrected chi connectivity index (χ3v) is 6.75. The number of halogens is 3. The van der Waals surface area contributed by atoms with E-state index in [-0.39, 0.29) is 27.5 Å². The van der Waals surface area contributed by atoms with Crippen LogP contribution in [0.1, 0.15) is 67.6 Å². The zero-order valence-electron chi connectivity index (χ0n) is 22.4. The van der Waals surface area contributed by atoms with E-state index in [9.17, 15) is 18.4 Å². The summed E-state index contributed by atoms with van der Waals surface area (Å²) in [6.45, 7) is 6.83. The highest BCUT2D eigenvalue weighted by atomic mass is 32.1. The van der Waals surface area contributed by atoms with Crippen LogP contribution in [-0.2, 0) is 14.3 Å². The van der Waals surface area contributed by atoms with Gasteiger partial charge in [-0.2, -0.15) is 0 Å². The van der Waals surface area contributed by atoms with Gasteiger partial charge in [-0.15, -0.1) is 11.3 Å². The van der Waals surface area contributed by atoms with Crippen molar-refractivity contribution >= 4 is 34.4 Å². The van der Waals surface area contributed by atoms with Gasteiger partial charge in [-0.3, -0.25) is 10.1 Å². The highest BCUT2D eigenvalue weighted by Gasteiger charge is 2.21. The van der Waals surface area contributed by atoms with Gasteiger partial charge in [0.15, 0.2) is 5.13 Å². The third kappa shape index (κ3) is 8.00. The summed E-state index contributed by atoms with van der Waals surface area (Å²) in [7, 11) is 0. The molecule has 0 aliphatic carbocycles. The number of unbranched alkanes of at least 4 members (excludes halogenated alkanes) is 1. The smallest absolute Gasteiger partial charge is 0.331 e. The summed E-state index contributed by atoms with van der Waals surface area (Å²) in [4.78, 5) is 27.9. The van der Waals surface area contributed by atoms with Crippen LogP contribution < -0.4 is 5.32 Å². The van der Waals surface area contributed by atoms with Crippen LogP contribution in [0, 0.1) is 17.5 Å². The van der Waals surface area contributed by atoms with Crippen molar-refractivity contribution < 1.29 is 37.3 Å². The average Bonchev–Trinajstić information content (AvgIpc) is 3.38. The molecule has 0 fully saturated rings. The molecule has 1 amide bonds. The lowest BCUT2D eigenvalue weighted by Gasteiger charge is -2.18. The fourth-order valence-electron chi connectivity index (χ4n) is 3.86. The van der Waals surface area contributed by atoms with Crippen molar-refractivity contribution in [3.05, 3.63) is 75.4 Å². The number of amides is 1. The van der Waals surface area contributed by atoms with Gasteiger partial charge in [0.05, 0.1) is 11.8 Å². The number of hydrogen-bond donors (Lipinski definition) is 2. The first-order chi connectivity index (χ1) is 19.2. The van der Waals surface area contributed by atoms with Gasteiger partial charge in [-0.05, 0) is 57.4 Å². The summed E-state index contributed by atoms with van der Waals surface area (Å²) in [6.07, 6.45) is 2.63. The Balaban J connectivity index is 1.73. The second-order valence-electron chi connectivity index (χ2n) is 8.86. The Morgan fingerprint density at radius 1 is 1.12 bits per heavy atom. The summed E-state index contributed by atoms with van der Waals surface area (Å²) in [5.41, 5.74) is -0.238. The second-order valence-corrected chi connectivity index (χ2v) is 9.72. The van der Waals surface area contributed by atoms with E-state index in [0.29, 0.717) is 31.8 Å². The van der Waals surface area contributed by atoms with Crippen LogP contribution in [0.25, 0.3) is 17.3 Å². The van der Waals surface area contributed by atoms with Crippen molar-refractivity contribution in [2.75, 3.05) is 25.1 Å². The number of aromatic nitrogens is 1. The molecule has 1 heterocycles. The molecule has 214 valence electrons. The van der Waals surface area contributed by atoms with Crippen LogP contribution in [0.4, 0.5) is 18.3 Å². The van der Waals surface area contributed by atoms with Gasteiger partial charge in [0.1, 0.15) is 17.5 Å². The van der Waals surface area contributed by atoms with Gasteiger partial charge in [0.25, 0.3) is 5.91 Å². The highest BCUT2D eigenvalue weighted by Crippen LogP contribution is 2.33. The number of carbonyl (C=O) groups excluding carboxylic acids is 1. The zero-order valence-corrected chi connectivity index (χ0v) is 23.2. The molecule has 1 atom stereocenters. The number of aliphatic carboxylic acids is 1. The van der Waals surface area contributed by atoms with E-state index >= 15 is 4.39 Å². The van der Waals surface area contributed by atoms with E-state index in [4.69, 9.17) is 14.6 Å². The van der Waals surface area contributed by atoms with E-state index in [1.807, 2.05) is 13.8 Å².